The number of para-hydroxylation sites is 1. The highest BCUT2D eigenvalue weighted by atomic mass is 32.2. The highest BCUT2D eigenvalue weighted by Crippen LogP contribution is 2.22. The first-order chi connectivity index (χ1) is 8.45. The fourth-order valence-corrected chi connectivity index (χ4v) is 2.29. The van der Waals surface area contributed by atoms with Crippen molar-refractivity contribution in [2.75, 3.05) is 6.61 Å². The fourth-order valence-electron chi connectivity index (χ4n) is 1.60. The Morgan fingerprint density at radius 1 is 1.50 bits per heavy atom. The third-order valence-corrected chi connectivity index (χ3v) is 3.28. The lowest BCUT2D eigenvalue weighted by atomic mass is 10.2. The molecule has 18 heavy (non-hydrogen) atoms. The van der Waals surface area contributed by atoms with Crippen LogP contribution in [0.15, 0.2) is 23.1 Å². The Bertz CT molecular complexity index is 705. The van der Waals surface area contributed by atoms with Gasteiger partial charge in [0.15, 0.2) is 5.69 Å². The van der Waals surface area contributed by atoms with Gasteiger partial charge in [-0.3, -0.25) is 5.10 Å². The second kappa shape index (κ2) is 4.39. The van der Waals surface area contributed by atoms with Gasteiger partial charge in [0.2, 0.25) is 10.0 Å². The molecule has 2 aromatic rings. The number of carbonyl (C=O) groups is 1. The maximum atomic E-state index is 11.6. The number of esters is 1. The molecule has 0 radical (unpaired) electrons. The lowest BCUT2D eigenvalue weighted by Crippen LogP contribution is -2.12. The minimum Gasteiger partial charge on any atom is -0.461 e. The molecule has 96 valence electrons. The molecule has 2 rings (SSSR count). The number of H-pyrrole nitrogens is 1. The van der Waals surface area contributed by atoms with Gasteiger partial charge in [-0.05, 0) is 13.0 Å². The first-order valence-electron chi connectivity index (χ1n) is 5.12. The normalized spacial score (nSPS) is 11.7. The molecule has 0 saturated heterocycles. The molecule has 0 unspecified atom stereocenters. The van der Waals surface area contributed by atoms with Crippen LogP contribution in [0.2, 0.25) is 0 Å². The molecule has 0 bridgehead atoms. The first kappa shape index (κ1) is 12.5. The predicted molar refractivity (Wildman–Crippen MR) is 63.4 cm³/mol. The van der Waals surface area contributed by atoms with E-state index in [2.05, 4.69) is 10.2 Å². The largest absolute Gasteiger partial charge is 0.461 e. The van der Waals surface area contributed by atoms with E-state index in [9.17, 15) is 13.2 Å². The molecule has 8 heteroatoms. The van der Waals surface area contributed by atoms with Crippen molar-refractivity contribution in [2.24, 2.45) is 5.14 Å². The van der Waals surface area contributed by atoms with Crippen LogP contribution < -0.4 is 5.14 Å². The molecule has 0 atom stereocenters. The summed E-state index contributed by atoms with van der Waals surface area (Å²) < 4.78 is 27.5. The zero-order valence-corrected chi connectivity index (χ0v) is 10.3. The predicted octanol–water partition coefficient (Wildman–Crippen LogP) is 0.387. The Morgan fingerprint density at radius 3 is 2.83 bits per heavy atom. The summed E-state index contributed by atoms with van der Waals surface area (Å²) in [5.41, 5.74) is 0.236. The molecule has 0 aliphatic carbocycles. The minimum atomic E-state index is -3.89. The molecule has 0 spiro atoms. The zero-order chi connectivity index (χ0) is 13.3. The third-order valence-electron chi connectivity index (χ3n) is 2.33. The molecule has 0 fully saturated rings. The summed E-state index contributed by atoms with van der Waals surface area (Å²) in [4.78, 5) is 11.5. The second-order valence-corrected chi connectivity index (χ2v) is 5.05. The number of carbonyl (C=O) groups excluding carboxylic acids is 1. The first-order valence-corrected chi connectivity index (χ1v) is 6.66. The van der Waals surface area contributed by atoms with Gasteiger partial charge in [0, 0.05) is 5.39 Å². The number of hydrogen-bond donors (Lipinski definition) is 2. The molecule has 3 N–H and O–H groups in total. The van der Waals surface area contributed by atoms with E-state index in [0.717, 1.165) is 0 Å². The average Bonchev–Trinajstić information content (AvgIpc) is 2.71. The highest BCUT2D eigenvalue weighted by molar-refractivity contribution is 7.89. The van der Waals surface area contributed by atoms with Crippen LogP contribution in [0.1, 0.15) is 17.4 Å². The monoisotopic (exact) mass is 269 g/mol. The summed E-state index contributed by atoms with van der Waals surface area (Å²) in [5.74, 6) is -0.591. The molecule has 0 saturated carbocycles. The van der Waals surface area contributed by atoms with Gasteiger partial charge in [-0.1, -0.05) is 12.1 Å². The molecule has 1 aromatic heterocycles. The molecule has 7 nitrogen and oxygen atoms in total. The summed E-state index contributed by atoms with van der Waals surface area (Å²) in [6.45, 7) is 1.89. The van der Waals surface area contributed by atoms with E-state index in [4.69, 9.17) is 9.88 Å². The van der Waals surface area contributed by atoms with Gasteiger partial charge in [-0.15, -0.1) is 0 Å². The number of nitrogens with one attached hydrogen (secondary N) is 1. The number of fused-ring (bicyclic) bond motifs is 1. The second-order valence-electron chi connectivity index (χ2n) is 3.52. The molecular formula is C10H11N3O4S. The van der Waals surface area contributed by atoms with Crippen LogP contribution in [-0.4, -0.2) is 31.2 Å². The Hall–Kier alpha value is -1.93. The van der Waals surface area contributed by atoms with Crippen LogP contribution in [0, 0.1) is 0 Å². The van der Waals surface area contributed by atoms with Crippen molar-refractivity contribution in [3.63, 3.8) is 0 Å². The Kier molecular flexibility index (Phi) is 3.05. The molecule has 0 aliphatic heterocycles. The van der Waals surface area contributed by atoms with E-state index in [1.807, 2.05) is 0 Å². The Morgan fingerprint density at radius 2 is 2.22 bits per heavy atom. The van der Waals surface area contributed by atoms with Crippen molar-refractivity contribution in [3.8, 4) is 0 Å². The molecule has 1 heterocycles. The zero-order valence-electron chi connectivity index (χ0n) is 9.50. The Balaban J connectivity index is 2.66. The van der Waals surface area contributed by atoms with Crippen LogP contribution in [0.3, 0.4) is 0 Å². The van der Waals surface area contributed by atoms with Gasteiger partial charge in [-0.25, -0.2) is 18.4 Å². The van der Waals surface area contributed by atoms with Gasteiger partial charge in [0.05, 0.1) is 6.61 Å². The summed E-state index contributed by atoms with van der Waals surface area (Å²) in [6.07, 6.45) is 0. The minimum absolute atomic E-state index is 0.109. The fraction of sp³-hybridized carbons (Fsp3) is 0.200. The van der Waals surface area contributed by atoms with E-state index in [1.165, 1.54) is 12.1 Å². The topological polar surface area (TPSA) is 115 Å². The number of aromatic amines is 1. The molecule has 1 aromatic carbocycles. The lowest BCUT2D eigenvalue weighted by Gasteiger charge is -2.00. The number of aromatic nitrogens is 2. The maximum absolute atomic E-state index is 11.6. The quantitative estimate of drug-likeness (QED) is 0.782. The third kappa shape index (κ3) is 2.07. The number of sulfonamides is 1. The summed E-state index contributed by atoms with van der Waals surface area (Å²) in [7, 11) is -3.89. The van der Waals surface area contributed by atoms with Crippen LogP contribution in [0.25, 0.3) is 10.9 Å². The standard InChI is InChI=1S/C10H11N3O4S/c1-2-17-10(14)9-6-4-3-5-7(18(11,15)16)8(6)12-13-9/h3-5H,2H2,1H3,(H,12,13)(H2,11,15,16). The average molecular weight is 269 g/mol. The van der Waals surface area contributed by atoms with Gasteiger partial charge in [0.25, 0.3) is 0 Å². The van der Waals surface area contributed by atoms with Crippen molar-refractivity contribution in [1.29, 1.82) is 0 Å². The molecule has 0 aliphatic rings. The highest BCUT2D eigenvalue weighted by Gasteiger charge is 2.20. The number of primary sulfonamides is 1. The SMILES string of the molecule is CCOC(=O)c1[nH]nc2c(S(N)(=O)=O)cccc12. The summed E-state index contributed by atoms with van der Waals surface area (Å²) in [5, 5.41) is 11.7. The summed E-state index contributed by atoms with van der Waals surface area (Å²) in [6, 6.07) is 4.38. The number of nitrogens with zero attached hydrogens (tertiary/aromatic N) is 1. The van der Waals surface area contributed by atoms with E-state index in [1.54, 1.807) is 13.0 Å². The van der Waals surface area contributed by atoms with Crippen molar-refractivity contribution < 1.29 is 17.9 Å². The van der Waals surface area contributed by atoms with Crippen LogP contribution >= 0.6 is 0 Å². The van der Waals surface area contributed by atoms with Crippen molar-refractivity contribution in [2.45, 2.75) is 11.8 Å². The van der Waals surface area contributed by atoms with Gasteiger partial charge < -0.3 is 4.74 Å². The number of nitrogens with two attached hydrogens (primary N) is 1. The number of hydrogen-bond acceptors (Lipinski definition) is 5. The smallest absolute Gasteiger partial charge is 0.356 e. The van der Waals surface area contributed by atoms with Crippen molar-refractivity contribution >= 4 is 26.9 Å². The number of rotatable bonds is 3. The van der Waals surface area contributed by atoms with Crippen molar-refractivity contribution in [3.05, 3.63) is 23.9 Å². The van der Waals surface area contributed by atoms with Crippen LogP contribution in [-0.2, 0) is 14.8 Å². The summed E-state index contributed by atoms with van der Waals surface area (Å²) >= 11 is 0. The Labute approximate surface area is 103 Å². The number of benzene rings is 1. The van der Waals surface area contributed by atoms with Crippen molar-refractivity contribution in [1.82, 2.24) is 10.2 Å². The van der Waals surface area contributed by atoms with Crippen LogP contribution in [0.4, 0.5) is 0 Å². The van der Waals surface area contributed by atoms with E-state index < -0.39 is 16.0 Å². The number of ether oxygens (including phenoxy) is 1. The molecule has 0 amide bonds. The molecular weight excluding hydrogens is 258 g/mol. The van der Waals surface area contributed by atoms with E-state index in [-0.39, 0.29) is 22.7 Å². The van der Waals surface area contributed by atoms with Gasteiger partial charge in [0.1, 0.15) is 10.4 Å². The van der Waals surface area contributed by atoms with E-state index in [0.29, 0.717) is 5.39 Å². The van der Waals surface area contributed by atoms with E-state index >= 15 is 0 Å². The lowest BCUT2D eigenvalue weighted by molar-refractivity contribution is 0.0521. The maximum Gasteiger partial charge on any atom is 0.356 e. The van der Waals surface area contributed by atoms with Crippen LogP contribution in [0.5, 0.6) is 0 Å². The van der Waals surface area contributed by atoms with Gasteiger partial charge >= 0.3 is 5.97 Å². The van der Waals surface area contributed by atoms with Gasteiger partial charge in [-0.2, -0.15) is 5.10 Å².